The van der Waals surface area contributed by atoms with E-state index in [9.17, 15) is 22.8 Å². The molecule has 6 rings (SSSR count). The van der Waals surface area contributed by atoms with Crippen molar-refractivity contribution in [3.8, 4) is 5.75 Å². The molecule has 2 aromatic carbocycles. The van der Waals surface area contributed by atoms with Crippen molar-refractivity contribution in [2.75, 3.05) is 6.61 Å². The summed E-state index contributed by atoms with van der Waals surface area (Å²) in [6, 6.07) is 11.9. The van der Waals surface area contributed by atoms with E-state index in [1.807, 2.05) is 18.2 Å². The molecule has 204 valence electrons. The second kappa shape index (κ2) is 9.73. The molecule has 3 aliphatic rings. The molecule has 7 nitrogen and oxygen atoms in total. The van der Waals surface area contributed by atoms with Crippen molar-refractivity contribution in [3.05, 3.63) is 80.6 Å². The van der Waals surface area contributed by atoms with E-state index in [0.29, 0.717) is 37.0 Å². The molecule has 2 aliphatic carbocycles. The van der Waals surface area contributed by atoms with Crippen molar-refractivity contribution in [1.82, 2.24) is 15.5 Å². The minimum absolute atomic E-state index is 0.000139. The van der Waals surface area contributed by atoms with Crippen LogP contribution < -0.4 is 15.8 Å². The average molecular weight is 540 g/mol. The van der Waals surface area contributed by atoms with Crippen LogP contribution in [-0.2, 0) is 30.5 Å². The number of alkyl halides is 3. The summed E-state index contributed by atoms with van der Waals surface area (Å²) in [6.07, 6.45) is 0.520. The van der Waals surface area contributed by atoms with Gasteiger partial charge in [-0.1, -0.05) is 29.4 Å². The van der Waals surface area contributed by atoms with Gasteiger partial charge in [-0.05, 0) is 96.9 Å². The molecule has 1 spiro atoms. The number of aromatic amines is 1. The topological polar surface area (TPSA) is 97.2 Å². The first-order valence-corrected chi connectivity index (χ1v) is 13.2. The highest BCUT2D eigenvalue weighted by atomic mass is 19.4. The molecule has 0 saturated carbocycles. The van der Waals surface area contributed by atoms with Crippen molar-refractivity contribution in [2.45, 2.75) is 69.5 Å². The van der Waals surface area contributed by atoms with E-state index in [0.717, 1.165) is 41.5 Å². The Labute approximate surface area is 222 Å². The molecule has 0 radical (unpaired) electrons. The number of rotatable bonds is 6. The average Bonchev–Trinajstić information content (AvgIpc) is 3.54. The smallest absolute Gasteiger partial charge is 0.439 e. The van der Waals surface area contributed by atoms with Crippen molar-refractivity contribution in [2.24, 2.45) is 0 Å². The minimum atomic E-state index is -4.19. The van der Waals surface area contributed by atoms with Gasteiger partial charge in [0.05, 0.1) is 12.2 Å². The third-order valence-corrected chi connectivity index (χ3v) is 8.00. The Bertz CT molecular complexity index is 1520. The quantitative estimate of drug-likeness (QED) is 0.433. The molecule has 0 saturated heterocycles. The van der Waals surface area contributed by atoms with E-state index < -0.39 is 23.9 Å². The van der Waals surface area contributed by atoms with Crippen LogP contribution in [0.3, 0.4) is 0 Å². The summed E-state index contributed by atoms with van der Waals surface area (Å²) < 4.78 is 47.5. The van der Waals surface area contributed by atoms with E-state index >= 15 is 0 Å². The summed E-state index contributed by atoms with van der Waals surface area (Å²) in [4.78, 5) is 27.9. The number of amides is 1. The summed E-state index contributed by atoms with van der Waals surface area (Å²) in [7, 11) is 0. The first kappa shape index (κ1) is 25.5. The van der Waals surface area contributed by atoms with E-state index in [2.05, 4.69) is 27.6 Å². The zero-order valence-corrected chi connectivity index (χ0v) is 21.2. The second-order valence-electron chi connectivity index (χ2n) is 10.7. The maximum Gasteiger partial charge on any atom is 0.439 e. The number of fused-ring (bicyclic) bond motifs is 2. The van der Waals surface area contributed by atoms with Crippen LogP contribution in [0.2, 0.25) is 0 Å². The Morgan fingerprint density at radius 3 is 2.56 bits per heavy atom. The van der Waals surface area contributed by atoms with Gasteiger partial charge in [0.15, 0.2) is 5.82 Å². The highest BCUT2D eigenvalue weighted by Gasteiger charge is 2.43. The summed E-state index contributed by atoms with van der Waals surface area (Å²) in [6.45, 7) is 0.000139. The summed E-state index contributed by atoms with van der Waals surface area (Å²) in [5, 5.41) is 7.04. The van der Waals surface area contributed by atoms with Gasteiger partial charge in [0, 0.05) is 12.0 Å². The predicted molar refractivity (Wildman–Crippen MR) is 137 cm³/mol. The second-order valence-corrected chi connectivity index (χ2v) is 10.7. The van der Waals surface area contributed by atoms with Gasteiger partial charge in [0.1, 0.15) is 5.75 Å². The number of ether oxygens (including phenoxy) is 1. The predicted octanol–water partition coefficient (Wildman–Crippen LogP) is 4.93. The molecule has 1 aromatic heterocycles. The standard InChI is InChI=1S/C29H28F3N3O4/c30-29(31,32)10-2-12-38-22-8-7-21-15-28(11-9-19(21)14-22)16-23(20-6-5-17-3-1-4-18(17)13-20)24(26(36)34-28)25-33-27(37)39-35-25/h5-8,13-14H,1-4,9-12,15-16H2,(H,34,36)(H,33,35,37)/t28-/m1/s1. The first-order chi connectivity index (χ1) is 18.7. The summed E-state index contributed by atoms with van der Waals surface area (Å²) >= 11 is 0. The van der Waals surface area contributed by atoms with Crippen molar-refractivity contribution < 1.29 is 27.2 Å². The lowest BCUT2D eigenvalue weighted by Crippen LogP contribution is -2.55. The number of hydrogen-bond donors (Lipinski definition) is 2. The minimum Gasteiger partial charge on any atom is -0.494 e. The van der Waals surface area contributed by atoms with Crippen LogP contribution in [0.15, 0.2) is 45.7 Å². The first-order valence-electron chi connectivity index (χ1n) is 13.2. The summed E-state index contributed by atoms with van der Waals surface area (Å²) in [5.74, 6) is -0.363. The molecule has 39 heavy (non-hydrogen) atoms. The molecular weight excluding hydrogens is 511 g/mol. The molecule has 0 unspecified atom stereocenters. The molecular formula is C29H28F3N3O4. The Morgan fingerprint density at radius 1 is 0.974 bits per heavy atom. The zero-order valence-electron chi connectivity index (χ0n) is 21.2. The molecule has 1 aliphatic heterocycles. The fourth-order valence-corrected chi connectivity index (χ4v) is 6.15. The number of H-pyrrole nitrogens is 1. The molecule has 0 bridgehead atoms. The number of nitrogens with one attached hydrogen (secondary N) is 2. The fraction of sp³-hybridized carbons (Fsp3) is 0.414. The third kappa shape index (κ3) is 5.24. The molecule has 0 fully saturated rings. The van der Waals surface area contributed by atoms with Crippen LogP contribution >= 0.6 is 0 Å². The molecule has 10 heteroatoms. The lowest BCUT2D eigenvalue weighted by Gasteiger charge is -2.43. The highest BCUT2D eigenvalue weighted by molar-refractivity contribution is 6.27. The van der Waals surface area contributed by atoms with Crippen LogP contribution in [0.1, 0.15) is 65.7 Å². The molecule has 1 atom stereocenters. The van der Waals surface area contributed by atoms with E-state index in [1.165, 1.54) is 11.1 Å². The van der Waals surface area contributed by atoms with Gasteiger partial charge in [0.2, 0.25) is 0 Å². The van der Waals surface area contributed by atoms with Gasteiger partial charge in [-0.25, -0.2) is 4.79 Å². The fourth-order valence-electron chi connectivity index (χ4n) is 6.15. The van der Waals surface area contributed by atoms with Gasteiger partial charge < -0.3 is 10.1 Å². The van der Waals surface area contributed by atoms with Crippen LogP contribution in [0.5, 0.6) is 5.75 Å². The Morgan fingerprint density at radius 2 is 1.77 bits per heavy atom. The van der Waals surface area contributed by atoms with Crippen molar-refractivity contribution in [1.29, 1.82) is 0 Å². The van der Waals surface area contributed by atoms with E-state index in [-0.39, 0.29) is 24.8 Å². The van der Waals surface area contributed by atoms with Crippen molar-refractivity contribution in [3.63, 3.8) is 0 Å². The Kier molecular flexibility index (Phi) is 6.35. The number of aromatic nitrogens is 2. The number of aryl methyl sites for hydroxylation is 3. The Balaban J connectivity index is 1.28. The number of nitrogens with zero attached hydrogens (tertiary/aromatic N) is 1. The lowest BCUT2D eigenvalue weighted by molar-refractivity contribution is -0.136. The van der Waals surface area contributed by atoms with Crippen molar-refractivity contribution >= 4 is 17.1 Å². The van der Waals surface area contributed by atoms with Crippen LogP contribution in [-0.4, -0.2) is 34.4 Å². The maximum absolute atomic E-state index is 13.6. The van der Waals surface area contributed by atoms with Crippen LogP contribution in [0.4, 0.5) is 13.2 Å². The van der Waals surface area contributed by atoms with Gasteiger partial charge in [-0.2, -0.15) is 13.2 Å². The van der Waals surface area contributed by atoms with Crippen LogP contribution in [0.25, 0.3) is 11.1 Å². The number of benzene rings is 2. The normalized spacial score (nSPS) is 20.6. The third-order valence-electron chi connectivity index (χ3n) is 8.00. The van der Waals surface area contributed by atoms with Crippen LogP contribution in [0, 0.1) is 0 Å². The lowest BCUT2D eigenvalue weighted by atomic mass is 9.71. The van der Waals surface area contributed by atoms with Gasteiger partial charge >= 0.3 is 11.9 Å². The maximum atomic E-state index is 13.6. The molecule has 2 heterocycles. The van der Waals surface area contributed by atoms with Gasteiger partial charge in [0.25, 0.3) is 5.91 Å². The number of halogens is 3. The molecule has 2 N–H and O–H groups in total. The van der Waals surface area contributed by atoms with Gasteiger partial charge in [-0.3, -0.25) is 14.3 Å². The number of carbonyl (C=O) groups is 1. The monoisotopic (exact) mass is 539 g/mol. The van der Waals surface area contributed by atoms with E-state index in [4.69, 9.17) is 9.26 Å². The summed E-state index contributed by atoms with van der Waals surface area (Å²) in [5.41, 5.74) is 6.30. The Hall–Kier alpha value is -3.82. The highest BCUT2D eigenvalue weighted by Crippen LogP contribution is 2.43. The number of carbonyl (C=O) groups excluding carboxylic acids is 1. The van der Waals surface area contributed by atoms with E-state index in [1.54, 1.807) is 6.07 Å². The molecule has 1 amide bonds. The number of hydrogen-bond acceptors (Lipinski definition) is 5. The van der Waals surface area contributed by atoms with Gasteiger partial charge in [-0.15, -0.1) is 0 Å². The SMILES string of the molecule is O=C1N[C@@]2(CCc3cc(OCCCC(F)(F)F)ccc3C2)CC(c2ccc3c(c2)CCC3)=C1c1noc(=O)[nH]1. The molecule has 3 aromatic rings. The zero-order chi connectivity index (χ0) is 27.2. The largest absolute Gasteiger partial charge is 0.494 e.